The van der Waals surface area contributed by atoms with Crippen molar-refractivity contribution in [3.05, 3.63) is 0 Å². The maximum atomic E-state index is 2.12. The van der Waals surface area contributed by atoms with E-state index in [-0.39, 0.29) is 19.8 Å². The molecule has 0 aliphatic carbocycles. The number of hydrogen-bond acceptors (Lipinski definition) is 2. The van der Waals surface area contributed by atoms with E-state index in [0.717, 1.165) is 0 Å². The van der Waals surface area contributed by atoms with Gasteiger partial charge in [-0.2, -0.15) is 0 Å². The Morgan fingerprint density at radius 2 is 2.00 bits per heavy atom. The summed E-state index contributed by atoms with van der Waals surface area (Å²) in [5, 5.41) is 0. The normalized spacial score (nSPS) is 24.0. The Morgan fingerprint density at radius 1 is 1.75 bits per heavy atom. The molecule has 3 heteroatoms. The SMILES string of the molecule is [CH2]1S[S][Sn]1. The first-order valence-corrected chi connectivity index (χ1v) is 8.85. The van der Waals surface area contributed by atoms with Gasteiger partial charge in [0.1, 0.15) is 0 Å². The molecule has 0 aromatic heterocycles. The second kappa shape index (κ2) is 1.82. The van der Waals surface area contributed by atoms with E-state index in [1.54, 1.807) is 3.77 Å². The maximum absolute atomic E-state index is 2.12. The molecular weight excluding hydrogens is 195 g/mol. The van der Waals surface area contributed by atoms with Gasteiger partial charge in [0.15, 0.2) is 0 Å². The van der Waals surface area contributed by atoms with Crippen LogP contribution in [0.2, 0.25) is 0 Å². The Labute approximate surface area is 42.2 Å². The molecule has 1 rings (SSSR count). The molecule has 1 saturated heterocycles. The van der Waals surface area contributed by atoms with Crippen LogP contribution in [-0.4, -0.2) is 23.5 Å². The third-order valence-electron chi connectivity index (χ3n) is 0.236. The molecule has 1 aliphatic heterocycles. The van der Waals surface area contributed by atoms with Gasteiger partial charge in [0.25, 0.3) is 0 Å². The van der Waals surface area contributed by atoms with E-state index in [9.17, 15) is 0 Å². The fraction of sp³-hybridized carbons (Fsp3) is 1.00. The molecular formula is CH2S2Sn. The van der Waals surface area contributed by atoms with Crippen LogP contribution in [0.4, 0.5) is 0 Å². The van der Waals surface area contributed by atoms with Gasteiger partial charge in [0, 0.05) is 0 Å². The van der Waals surface area contributed by atoms with Crippen LogP contribution in [0.15, 0.2) is 0 Å². The van der Waals surface area contributed by atoms with Gasteiger partial charge in [-0.05, 0) is 0 Å². The van der Waals surface area contributed by atoms with E-state index in [2.05, 4.69) is 7.98 Å². The van der Waals surface area contributed by atoms with E-state index < -0.39 is 0 Å². The summed E-state index contributed by atoms with van der Waals surface area (Å²) in [6, 6.07) is 0. The second-order valence-corrected chi connectivity index (χ2v) is 11.9. The zero-order chi connectivity index (χ0) is 2.83. The van der Waals surface area contributed by atoms with Crippen LogP contribution in [0.25, 0.3) is 0 Å². The van der Waals surface area contributed by atoms with Crippen molar-refractivity contribution >= 4 is 38.5 Å². The molecule has 0 aromatic carbocycles. The Kier molecular flexibility index (Phi) is 1.68. The molecule has 0 aromatic rings. The van der Waals surface area contributed by atoms with Crippen LogP contribution in [0, 0.1) is 0 Å². The second-order valence-electron chi connectivity index (χ2n) is 0.490. The first-order chi connectivity index (χ1) is 2.00. The van der Waals surface area contributed by atoms with Crippen molar-refractivity contribution in [2.75, 3.05) is 3.77 Å². The Hall–Kier alpha value is 1.50. The third kappa shape index (κ3) is 0.722. The Bertz CT molecular complexity index is 14.0. The summed E-state index contributed by atoms with van der Waals surface area (Å²) in [6.45, 7) is 0. The van der Waals surface area contributed by atoms with Gasteiger partial charge in [0.2, 0.25) is 0 Å². The van der Waals surface area contributed by atoms with Gasteiger partial charge in [-0.15, -0.1) is 0 Å². The fourth-order valence-electron chi connectivity index (χ4n) is 0.0589. The minimum absolute atomic E-state index is 0.284. The zero-order valence-electron chi connectivity index (χ0n) is 2.02. The van der Waals surface area contributed by atoms with Crippen molar-refractivity contribution in [2.24, 2.45) is 0 Å². The summed E-state index contributed by atoms with van der Waals surface area (Å²) in [7, 11) is 4.15. The monoisotopic (exact) mass is 198 g/mol. The van der Waals surface area contributed by atoms with Gasteiger partial charge < -0.3 is 0 Å². The van der Waals surface area contributed by atoms with Crippen molar-refractivity contribution in [1.29, 1.82) is 0 Å². The van der Waals surface area contributed by atoms with Crippen molar-refractivity contribution < 1.29 is 0 Å². The van der Waals surface area contributed by atoms with Gasteiger partial charge in [-0.1, -0.05) is 0 Å². The Balaban J connectivity index is 2.00. The molecule has 0 nitrogen and oxygen atoms in total. The van der Waals surface area contributed by atoms with E-state index in [0.29, 0.717) is 0 Å². The van der Waals surface area contributed by atoms with Gasteiger partial charge in [-0.3, -0.25) is 0 Å². The van der Waals surface area contributed by atoms with Crippen LogP contribution in [0.1, 0.15) is 0 Å². The summed E-state index contributed by atoms with van der Waals surface area (Å²) in [5.74, 6) is 0. The van der Waals surface area contributed by atoms with Crippen molar-refractivity contribution in [3.63, 3.8) is 0 Å². The summed E-state index contributed by atoms with van der Waals surface area (Å²) >= 11 is 0.284. The van der Waals surface area contributed by atoms with Crippen molar-refractivity contribution in [1.82, 2.24) is 0 Å². The standard InChI is InChI=1S/CH3S2.Sn/c1-3-2;/h2H,1H2;/q;+1/p-1. The van der Waals surface area contributed by atoms with Crippen molar-refractivity contribution in [2.45, 2.75) is 0 Å². The first-order valence-electron chi connectivity index (χ1n) is 1.01. The number of hydrogen-bond donors (Lipinski definition) is 0. The number of rotatable bonds is 0. The summed E-state index contributed by atoms with van der Waals surface area (Å²) in [5.41, 5.74) is 0. The first kappa shape index (κ1) is 3.68. The average molecular weight is 197 g/mol. The molecule has 2 radical (unpaired) electrons. The average Bonchev–Trinajstić information content (AvgIpc) is 0.722. The summed E-state index contributed by atoms with van der Waals surface area (Å²) in [6.07, 6.45) is 0. The van der Waals surface area contributed by atoms with Crippen LogP contribution in [0.3, 0.4) is 0 Å². The molecule has 1 aliphatic rings. The molecule has 0 saturated carbocycles. The molecule has 0 amide bonds. The molecule has 22 valence electrons. The molecule has 1 heterocycles. The van der Waals surface area contributed by atoms with E-state index in [4.69, 9.17) is 0 Å². The molecule has 0 N–H and O–H groups in total. The molecule has 0 spiro atoms. The third-order valence-corrected chi connectivity index (χ3v) is 14.2. The summed E-state index contributed by atoms with van der Waals surface area (Å²) in [4.78, 5) is 0. The van der Waals surface area contributed by atoms with E-state index in [1.807, 2.05) is 10.8 Å². The van der Waals surface area contributed by atoms with E-state index in [1.165, 1.54) is 0 Å². The topological polar surface area (TPSA) is 0 Å². The fourth-order valence-corrected chi connectivity index (χ4v) is 3.56. The van der Waals surface area contributed by atoms with Crippen molar-refractivity contribution in [3.8, 4) is 0 Å². The van der Waals surface area contributed by atoms with Gasteiger partial charge >= 0.3 is 42.3 Å². The predicted octanol–water partition coefficient (Wildman–Crippen LogP) is 0.958. The molecule has 1 fully saturated rings. The van der Waals surface area contributed by atoms with Crippen LogP contribution >= 0.6 is 18.8 Å². The predicted molar refractivity (Wildman–Crippen MR) is 25.8 cm³/mol. The quantitative estimate of drug-likeness (QED) is 0.418. The Morgan fingerprint density at radius 3 is 2.00 bits per heavy atom. The van der Waals surface area contributed by atoms with Crippen LogP contribution in [0.5, 0.6) is 0 Å². The van der Waals surface area contributed by atoms with Gasteiger partial charge in [-0.25, -0.2) is 0 Å². The molecule has 4 heavy (non-hydrogen) atoms. The summed E-state index contributed by atoms with van der Waals surface area (Å²) < 4.78 is 1.55. The minimum atomic E-state index is 0.284. The molecule has 0 atom stereocenters. The van der Waals surface area contributed by atoms with Crippen LogP contribution < -0.4 is 0 Å². The molecule has 0 unspecified atom stereocenters. The molecule has 0 bridgehead atoms. The van der Waals surface area contributed by atoms with E-state index >= 15 is 0 Å². The zero-order valence-corrected chi connectivity index (χ0v) is 6.51. The van der Waals surface area contributed by atoms with Gasteiger partial charge in [0.05, 0.1) is 0 Å². The van der Waals surface area contributed by atoms with Crippen LogP contribution in [-0.2, 0) is 0 Å².